The first-order valence-corrected chi connectivity index (χ1v) is 8.50. The van der Waals surface area contributed by atoms with E-state index < -0.39 is 11.0 Å². The molecule has 1 aliphatic rings. The summed E-state index contributed by atoms with van der Waals surface area (Å²) >= 11 is 0. The molecule has 1 aromatic carbocycles. The summed E-state index contributed by atoms with van der Waals surface area (Å²) in [5, 5.41) is 19.2. The molecule has 0 bridgehead atoms. The molecule has 10 heteroatoms. The number of nitrogens with zero attached hydrogens (tertiary/aromatic N) is 5. The maximum atomic E-state index is 12.4. The molecule has 10 nitrogen and oxygen atoms in total. The molecule has 0 saturated carbocycles. The maximum Gasteiger partial charge on any atom is 0.328 e. The summed E-state index contributed by atoms with van der Waals surface area (Å²) in [6.45, 7) is 2.68. The van der Waals surface area contributed by atoms with Gasteiger partial charge in [0.1, 0.15) is 11.7 Å². The van der Waals surface area contributed by atoms with Crippen molar-refractivity contribution in [2.45, 2.75) is 32.2 Å². The molecule has 0 aliphatic carbocycles. The Labute approximate surface area is 149 Å². The summed E-state index contributed by atoms with van der Waals surface area (Å²) in [4.78, 5) is 27.0. The van der Waals surface area contributed by atoms with Gasteiger partial charge in [0.05, 0.1) is 17.2 Å². The van der Waals surface area contributed by atoms with E-state index in [9.17, 15) is 14.9 Å². The molecule has 1 unspecified atom stereocenters. The molecule has 1 fully saturated rings. The number of hydrogen-bond donors (Lipinski definition) is 0. The first kappa shape index (κ1) is 17.9. The Bertz CT molecular complexity index is 834. The molecule has 3 rings (SSSR count). The Morgan fingerprint density at radius 2 is 2.15 bits per heavy atom. The van der Waals surface area contributed by atoms with Crippen molar-refractivity contribution in [3.63, 3.8) is 0 Å². The van der Waals surface area contributed by atoms with Crippen molar-refractivity contribution in [3.8, 4) is 0 Å². The van der Waals surface area contributed by atoms with Gasteiger partial charge in [-0.3, -0.25) is 10.1 Å². The van der Waals surface area contributed by atoms with E-state index in [4.69, 9.17) is 9.37 Å². The van der Waals surface area contributed by atoms with Crippen LogP contribution in [0.3, 0.4) is 0 Å². The molecule has 0 amide bonds. The van der Waals surface area contributed by atoms with Gasteiger partial charge in [0, 0.05) is 20.6 Å². The Hall–Kier alpha value is -2.91. The molecule has 1 aromatic heterocycles. The van der Waals surface area contributed by atoms with Crippen LogP contribution >= 0.6 is 0 Å². The van der Waals surface area contributed by atoms with Crippen LogP contribution in [-0.2, 0) is 9.53 Å². The van der Waals surface area contributed by atoms with Crippen molar-refractivity contribution in [2.24, 2.45) is 0 Å². The van der Waals surface area contributed by atoms with Crippen molar-refractivity contribution in [3.05, 3.63) is 16.2 Å². The van der Waals surface area contributed by atoms with Crippen LogP contribution in [0.15, 0.2) is 10.7 Å². The van der Waals surface area contributed by atoms with Crippen LogP contribution in [0.4, 0.5) is 17.1 Å². The lowest BCUT2D eigenvalue weighted by Gasteiger charge is -2.36. The molecule has 2 heterocycles. The van der Waals surface area contributed by atoms with Crippen LogP contribution in [0.1, 0.15) is 26.2 Å². The van der Waals surface area contributed by atoms with Crippen molar-refractivity contribution < 1.29 is 19.1 Å². The molecule has 26 heavy (non-hydrogen) atoms. The van der Waals surface area contributed by atoms with Crippen LogP contribution in [0.25, 0.3) is 11.0 Å². The third-order valence-electron chi connectivity index (χ3n) is 4.51. The molecular weight excluding hydrogens is 342 g/mol. The van der Waals surface area contributed by atoms with E-state index in [-0.39, 0.29) is 22.7 Å². The largest absolute Gasteiger partial charge is 0.464 e. The van der Waals surface area contributed by atoms with Crippen LogP contribution in [0.5, 0.6) is 0 Å². The van der Waals surface area contributed by atoms with Gasteiger partial charge in [-0.15, -0.1) is 0 Å². The van der Waals surface area contributed by atoms with E-state index in [0.717, 1.165) is 12.8 Å². The summed E-state index contributed by atoms with van der Waals surface area (Å²) in [7, 11) is 3.43. The number of hydrogen-bond acceptors (Lipinski definition) is 9. The summed E-state index contributed by atoms with van der Waals surface area (Å²) in [5.41, 5.74) is 1.15. The lowest BCUT2D eigenvalue weighted by atomic mass is 10.00. The lowest BCUT2D eigenvalue weighted by molar-refractivity contribution is -0.382. The Morgan fingerprint density at radius 1 is 1.42 bits per heavy atom. The molecule has 140 valence electrons. The first-order valence-electron chi connectivity index (χ1n) is 8.50. The third-order valence-corrected chi connectivity index (χ3v) is 4.51. The molecule has 0 spiro atoms. The van der Waals surface area contributed by atoms with Gasteiger partial charge in [0.2, 0.25) is 5.52 Å². The number of benzene rings is 1. The average molecular weight is 363 g/mol. The number of rotatable bonds is 5. The maximum absolute atomic E-state index is 12.4. The number of carbonyl (C=O) groups excluding carboxylic acids is 1. The van der Waals surface area contributed by atoms with Gasteiger partial charge in [-0.05, 0) is 42.6 Å². The molecule has 0 radical (unpaired) electrons. The second-order valence-electron chi connectivity index (χ2n) is 6.33. The van der Waals surface area contributed by atoms with Gasteiger partial charge in [-0.1, -0.05) is 0 Å². The van der Waals surface area contributed by atoms with E-state index in [1.807, 2.05) is 4.90 Å². The summed E-state index contributed by atoms with van der Waals surface area (Å²) in [6.07, 6.45) is 2.46. The molecule has 0 N–H and O–H groups in total. The normalized spacial score (nSPS) is 17.3. The fraction of sp³-hybridized carbons (Fsp3) is 0.562. The second-order valence-corrected chi connectivity index (χ2v) is 6.33. The topological polar surface area (TPSA) is 115 Å². The third kappa shape index (κ3) is 3.02. The zero-order valence-corrected chi connectivity index (χ0v) is 15.0. The predicted octanol–water partition coefficient (Wildman–Crippen LogP) is 2.12. The lowest BCUT2D eigenvalue weighted by Crippen LogP contribution is -2.45. The highest BCUT2D eigenvalue weighted by molar-refractivity contribution is 6.01. The van der Waals surface area contributed by atoms with Crippen LogP contribution in [-0.4, -0.2) is 54.5 Å². The molecule has 2 aromatic rings. The fourth-order valence-corrected chi connectivity index (χ4v) is 3.34. The number of fused-ring (bicyclic) bond motifs is 1. The Morgan fingerprint density at radius 3 is 2.81 bits per heavy atom. The Balaban J connectivity index is 2.17. The average Bonchev–Trinajstić information content (AvgIpc) is 3.09. The highest BCUT2D eigenvalue weighted by Gasteiger charge is 2.35. The van der Waals surface area contributed by atoms with Gasteiger partial charge >= 0.3 is 11.7 Å². The van der Waals surface area contributed by atoms with Crippen LogP contribution < -0.4 is 9.80 Å². The number of nitro groups is 1. The van der Waals surface area contributed by atoms with Crippen molar-refractivity contribution in [1.29, 1.82) is 0 Å². The quantitative estimate of drug-likeness (QED) is 0.447. The van der Waals surface area contributed by atoms with Crippen LogP contribution in [0.2, 0.25) is 0 Å². The van der Waals surface area contributed by atoms with E-state index >= 15 is 0 Å². The number of nitro benzene ring substituents is 1. The molecular formula is C16H21N5O5. The smallest absolute Gasteiger partial charge is 0.328 e. The minimum absolute atomic E-state index is 0.0735. The number of ether oxygens (including phenoxy) is 1. The highest BCUT2D eigenvalue weighted by atomic mass is 16.6. The van der Waals surface area contributed by atoms with Crippen LogP contribution in [0, 0.1) is 10.1 Å². The van der Waals surface area contributed by atoms with Crippen molar-refractivity contribution >= 4 is 34.1 Å². The number of anilines is 2. The van der Waals surface area contributed by atoms with Gasteiger partial charge in [-0.25, -0.2) is 9.42 Å². The van der Waals surface area contributed by atoms with E-state index in [2.05, 4.69) is 10.3 Å². The zero-order chi connectivity index (χ0) is 18.8. The van der Waals surface area contributed by atoms with Gasteiger partial charge in [0.25, 0.3) is 0 Å². The van der Waals surface area contributed by atoms with Gasteiger partial charge < -0.3 is 14.5 Å². The van der Waals surface area contributed by atoms with Crippen molar-refractivity contribution in [1.82, 2.24) is 10.3 Å². The van der Waals surface area contributed by atoms with E-state index in [0.29, 0.717) is 30.9 Å². The standard InChI is InChI=1S/C16H21N5O5/c1-4-25-16(22)10-7-5-6-8-20(10)11-9-12(19(2)3)15(21(23)24)14-13(11)17-26-18-14/h9-10H,4-8H2,1-3H3. The number of esters is 1. The number of aromatic nitrogens is 2. The molecule has 1 saturated heterocycles. The number of piperidine rings is 1. The minimum atomic E-state index is -0.495. The van der Waals surface area contributed by atoms with Crippen molar-refractivity contribution in [2.75, 3.05) is 37.0 Å². The zero-order valence-electron chi connectivity index (χ0n) is 15.0. The van der Waals surface area contributed by atoms with Gasteiger partial charge in [0.15, 0.2) is 5.52 Å². The van der Waals surface area contributed by atoms with Gasteiger partial charge in [-0.2, -0.15) is 0 Å². The summed E-state index contributed by atoms with van der Waals surface area (Å²) in [5.74, 6) is -0.304. The monoisotopic (exact) mass is 363 g/mol. The molecule has 1 atom stereocenters. The van der Waals surface area contributed by atoms with E-state index in [1.165, 1.54) is 0 Å². The molecule has 1 aliphatic heterocycles. The minimum Gasteiger partial charge on any atom is -0.464 e. The fourth-order valence-electron chi connectivity index (χ4n) is 3.34. The Kier molecular flexibility index (Phi) is 4.92. The van der Waals surface area contributed by atoms with E-state index in [1.54, 1.807) is 32.0 Å². The second kappa shape index (κ2) is 7.14. The SMILES string of the molecule is CCOC(=O)C1CCCCN1c1cc(N(C)C)c([N+](=O)[O-])c2nonc12. The first-order chi connectivity index (χ1) is 12.5. The predicted molar refractivity (Wildman–Crippen MR) is 94.4 cm³/mol. The number of carbonyl (C=O) groups is 1. The summed E-state index contributed by atoms with van der Waals surface area (Å²) in [6, 6.07) is 1.21. The highest BCUT2D eigenvalue weighted by Crippen LogP contribution is 2.41. The summed E-state index contributed by atoms with van der Waals surface area (Å²) < 4.78 is 10.0.